The van der Waals surface area contributed by atoms with Crippen molar-refractivity contribution in [2.45, 2.75) is 24.0 Å². The molecule has 6 rings (SSSR count). The molecule has 1 aromatic heterocycles. The molecule has 0 unspecified atom stereocenters. The Balaban J connectivity index is 1.59. The molecule has 0 saturated heterocycles. The van der Waals surface area contributed by atoms with Gasteiger partial charge in [-0.1, -0.05) is 35.4 Å². The van der Waals surface area contributed by atoms with Crippen LogP contribution in [0.2, 0.25) is 0 Å². The minimum absolute atomic E-state index is 0.0150. The average Bonchev–Trinajstić information content (AvgIpc) is 2.97. The molecule has 0 radical (unpaired) electrons. The minimum Gasteiger partial charge on any atom is -0.492 e. The molecule has 3 aromatic carbocycles. The first-order chi connectivity index (χ1) is 15.6. The molecule has 0 fully saturated rings. The molecule has 2 aliphatic rings. The number of thioether (sulfide) groups is 1. The van der Waals surface area contributed by atoms with Crippen molar-refractivity contribution in [2.24, 2.45) is 10.9 Å². The smallest absolute Gasteiger partial charge is 0.197 e. The number of benzene rings is 3. The van der Waals surface area contributed by atoms with Crippen LogP contribution in [0.5, 0.6) is 5.75 Å². The Bertz CT molecular complexity index is 1470. The van der Waals surface area contributed by atoms with E-state index in [1.165, 1.54) is 0 Å². The fourth-order valence-electron chi connectivity index (χ4n) is 4.54. The largest absolute Gasteiger partial charge is 0.492 e. The standard InChI is InChI=1S/C27H21NO3S/c1-15-7-9-22-17(11-15)25-19(13-30-22)27(32-24-6-4-3-5-21(24)28-25)20-14-31-23-10-8-16(2)12-18(23)26(20)29/h3-12,14,19,27H,13H2,1-2H3/t19-,27+/m0/s1. The molecule has 0 spiro atoms. The van der Waals surface area contributed by atoms with E-state index in [2.05, 4.69) is 25.1 Å². The third kappa shape index (κ3) is 3.07. The summed E-state index contributed by atoms with van der Waals surface area (Å²) in [5, 5.41) is 0.444. The van der Waals surface area contributed by atoms with Crippen molar-refractivity contribution >= 4 is 34.1 Å². The van der Waals surface area contributed by atoms with E-state index >= 15 is 0 Å². The summed E-state index contributed by atoms with van der Waals surface area (Å²) in [6.07, 6.45) is 1.63. The van der Waals surface area contributed by atoms with Gasteiger partial charge in [-0.15, -0.1) is 11.8 Å². The summed E-state index contributed by atoms with van der Waals surface area (Å²) in [7, 11) is 0. The van der Waals surface area contributed by atoms with Gasteiger partial charge in [0.15, 0.2) is 5.43 Å². The maximum atomic E-state index is 13.6. The summed E-state index contributed by atoms with van der Waals surface area (Å²) in [6.45, 7) is 4.52. The lowest BCUT2D eigenvalue weighted by Gasteiger charge is -2.31. The van der Waals surface area contributed by atoms with E-state index in [9.17, 15) is 4.79 Å². The number of fused-ring (bicyclic) bond motifs is 5. The van der Waals surface area contributed by atoms with Crippen molar-refractivity contribution in [1.82, 2.24) is 0 Å². The Labute approximate surface area is 190 Å². The second-order valence-electron chi connectivity index (χ2n) is 8.44. The van der Waals surface area contributed by atoms with Crippen molar-refractivity contribution in [3.05, 3.63) is 99.4 Å². The molecule has 0 amide bonds. The summed E-state index contributed by atoms with van der Waals surface area (Å²) in [5.74, 6) is 0.766. The topological polar surface area (TPSA) is 51.8 Å². The van der Waals surface area contributed by atoms with E-state index in [4.69, 9.17) is 14.1 Å². The number of para-hydroxylation sites is 1. The third-order valence-corrected chi connectivity index (χ3v) is 7.60. The van der Waals surface area contributed by atoms with Gasteiger partial charge in [-0.05, 0) is 50.2 Å². The Morgan fingerprint density at radius 3 is 2.72 bits per heavy atom. The summed E-state index contributed by atoms with van der Waals surface area (Å²) < 4.78 is 12.1. The molecule has 2 atom stereocenters. The average molecular weight is 440 g/mol. The van der Waals surface area contributed by atoms with Crippen LogP contribution in [0.4, 0.5) is 5.69 Å². The van der Waals surface area contributed by atoms with Gasteiger partial charge in [0, 0.05) is 16.0 Å². The number of aryl methyl sites for hydroxylation is 2. The second kappa shape index (κ2) is 7.38. The molecule has 5 heteroatoms. The Kier molecular flexibility index (Phi) is 4.47. The lowest BCUT2D eigenvalue weighted by atomic mass is 9.87. The summed E-state index contributed by atoms with van der Waals surface area (Å²) >= 11 is 1.67. The van der Waals surface area contributed by atoms with Gasteiger partial charge in [0.2, 0.25) is 0 Å². The molecule has 2 aliphatic heterocycles. The number of rotatable bonds is 1. The predicted molar refractivity (Wildman–Crippen MR) is 129 cm³/mol. The normalized spacial score (nSPS) is 19.2. The van der Waals surface area contributed by atoms with Crippen LogP contribution in [0, 0.1) is 19.8 Å². The number of aliphatic imine (C=N–C) groups is 1. The summed E-state index contributed by atoms with van der Waals surface area (Å²) in [6, 6.07) is 20.0. The van der Waals surface area contributed by atoms with Crippen molar-refractivity contribution < 1.29 is 9.15 Å². The van der Waals surface area contributed by atoms with Crippen LogP contribution in [0.3, 0.4) is 0 Å². The highest BCUT2D eigenvalue weighted by Gasteiger charge is 2.38. The van der Waals surface area contributed by atoms with Crippen LogP contribution in [-0.4, -0.2) is 12.3 Å². The van der Waals surface area contributed by atoms with Crippen LogP contribution >= 0.6 is 11.8 Å². The van der Waals surface area contributed by atoms with Crippen molar-refractivity contribution in [3.8, 4) is 5.75 Å². The summed E-state index contributed by atoms with van der Waals surface area (Å²) in [5.41, 5.74) is 6.37. The first kappa shape index (κ1) is 19.4. The number of hydrogen-bond acceptors (Lipinski definition) is 5. The highest BCUT2D eigenvalue weighted by Crippen LogP contribution is 2.49. The van der Waals surface area contributed by atoms with Crippen molar-refractivity contribution in [3.63, 3.8) is 0 Å². The van der Waals surface area contributed by atoms with Gasteiger partial charge in [0.25, 0.3) is 0 Å². The first-order valence-electron chi connectivity index (χ1n) is 10.7. The van der Waals surface area contributed by atoms with Gasteiger partial charge < -0.3 is 9.15 Å². The van der Waals surface area contributed by atoms with E-state index in [-0.39, 0.29) is 16.6 Å². The van der Waals surface area contributed by atoms with Gasteiger partial charge in [0.1, 0.15) is 11.3 Å². The van der Waals surface area contributed by atoms with Crippen LogP contribution in [-0.2, 0) is 0 Å². The van der Waals surface area contributed by atoms with E-state index in [1.54, 1.807) is 18.0 Å². The van der Waals surface area contributed by atoms with Crippen molar-refractivity contribution in [1.29, 1.82) is 0 Å². The van der Waals surface area contributed by atoms with Gasteiger partial charge in [-0.2, -0.15) is 0 Å². The highest BCUT2D eigenvalue weighted by molar-refractivity contribution is 7.99. The highest BCUT2D eigenvalue weighted by atomic mass is 32.2. The maximum absolute atomic E-state index is 13.6. The molecule has 0 saturated carbocycles. The molecule has 4 aromatic rings. The Morgan fingerprint density at radius 2 is 1.81 bits per heavy atom. The molecule has 0 N–H and O–H groups in total. The molecular weight excluding hydrogens is 418 g/mol. The minimum atomic E-state index is -0.174. The van der Waals surface area contributed by atoms with Crippen LogP contribution < -0.4 is 10.2 Å². The molecule has 0 bridgehead atoms. The molecule has 158 valence electrons. The lowest BCUT2D eigenvalue weighted by Crippen LogP contribution is -2.33. The van der Waals surface area contributed by atoms with E-state index < -0.39 is 0 Å². The zero-order valence-corrected chi connectivity index (χ0v) is 18.6. The SMILES string of the molecule is Cc1ccc2c(c1)C1=Nc3ccccc3S[C@@H](c3coc4ccc(C)cc4c3=O)[C@H]1CO2. The van der Waals surface area contributed by atoms with Crippen molar-refractivity contribution in [2.75, 3.05) is 6.61 Å². The van der Waals surface area contributed by atoms with Gasteiger partial charge >= 0.3 is 0 Å². The zero-order valence-electron chi connectivity index (χ0n) is 17.8. The fraction of sp³-hybridized carbons (Fsp3) is 0.185. The first-order valence-corrected chi connectivity index (χ1v) is 11.6. The Morgan fingerprint density at radius 1 is 1.00 bits per heavy atom. The van der Waals surface area contributed by atoms with Crippen LogP contribution in [0.15, 0.2) is 86.0 Å². The molecule has 0 aliphatic carbocycles. The lowest BCUT2D eigenvalue weighted by molar-refractivity contribution is 0.271. The predicted octanol–water partition coefficient (Wildman–Crippen LogP) is 6.39. The van der Waals surface area contributed by atoms with E-state index in [0.717, 1.165) is 38.7 Å². The van der Waals surface area contributed by atoms with Crippen LogP contribution in [0.25, 0.3) is 11.0 Å². The van der Waals surface area contributed by atoms with Gasteiger partial charge in [0.05, 0.1) is 40.8 Å². The zero-order chi connectivity index (χ0) is 21.8. The fourth-order valence-corrected chi connectivity index (χ4v) is 5.86. The van der Waals surface area contributed by atoms with Gasteiger partial charge in [-0.25, -0.2) is 0 Å². The quantitative estimate of drug-likeness (QED) is 0.345. The molecular formula is C27H21NO3S. The summed E-state index contributed by atoms with van der Waals surface area (Å²) in [4.78, 5) is 19.8. The monoisotopic (exact) mass is 439 g/mol. The number of nitrogens with zero attached hydrogens (tertiary/aromatic N) is 1. The number of hydrogen-bond donors (Lipinski definition) is 0. The number of ether oxygens (including phenoxy) is 1. The molecule has 32 heavy (non-hydrogen) atoms. The van der Waals surface area contributed by atoms with E-state index in [1.807, 2.05) is 49.4 Å². The van der Waals surface area contributed by atoms with Crippen LogP contribution in [0.1, 0.15) is 27.5 Å². The van der Waals surface area contributed by atoms with E-state index in [0.29, 0.717) is 23.1 Å². The maximum Gasteiger partial charge on any atom is 0.197 e. The molecule has 4 nitrogen and oxygen atoms in total. The second-order valence-corrected chi connectivity index (χ2v) is 9.62. The Hall–Kier alpha value is -3.31. The molecule has 3 heterocycles. The van der Waals surface area contributed by atoms with Gasteiger partial charge in [-0.3, -0.25) is 9.79 Å². The third-order valence-electron chi connectivity index (χ3n) is 6.17.